The summed E-state index contributed by atoms with van der Waals surface area (Å²) in [5, 5.41) is 8.31. The van der Waals surface area contributed by atoms with Crippen LogP contribution in [0.2, 0.25) is 6.04 Å². The highest BCUT2D eigenvalue weighted by Crippen LogP contribution is 2.00. The van der Waals surface area contributed by atoms with E-state index < -0.39 is 9.28 Å². The van der Waals surface area contributed by atoms with Crippen molar-refractivity contribution in [3.63, 3.8) is 0 Å². The van der Waals surface area contributed by atoms with E-state index in [9.17, 15) is 0 Å². The van der Waals surface area contributed by atoms with Crippen molar-refractivity contribution < 1.29 is 8.85 Å². The van der Waals surface area contributed by atoms with E-state index in [1.54, 1.807) is 0 Å². The molecular weight excluding hydrogens is 194 g/mol. The van der Waals surface area contributed by atoms with Gasteiger partial charge in [-0.1, -0.05) is 0 Å². The summed E-state index contributed by atoms with van der Waals surface area (Å²) in [4.78, 5) is 0. The summed E-state index contributed by atoms with van der Waals surface area (Å²) in [5.41, 5.74) is 0. The van der Waals surface area contributed by atoms with Gasteiger partial charge in [-0.3, -0.25) is 0 Å². The summed E-state index contributed by atoms with van der Waals surface area (Å²) in [6, 6.07) is 2.89. The second-order valence-electron chi connectivity index (χ2n) is 2.04. The quantitative estimate of drug-likeness (QED) is 0.625. The second kappa shape index (κ2) is 10.9. The number of rotatable bonds is 6. The number of nitriles is 1. The third-order valence-electron chi connectivity index (χ3n) is 1.20. The molecule has 0 rings (SSSR count). The molecule has 0 aliphatic heterocycles. The van der Waals surface area contributed by atoms with Gasteiger partial charge in [0.25, 0.3) is 0 Å². The smallest absolute Gasteiger partial charge is 0.322 e. The molecule has 0 saturated carbocycles. The molecule has 0 aromatic heterocycles. The number of hydrogen-bond donors (Lipinski definition) is 0. The average molecular weight is 210 g/mol. The van der Waals surface area contributed by atoms with Crippen molar-refractivity contribution in [2.24, 2.45) is 0 Å². The Hall–Kier alpha value is -0.0831. The lowest BCUT2D eigenvalue weighted by Crippen LogP contribution is -2.22. The first kappa shape index (κ1) is 14.4. The number of halogens is 1. The fraction of sp³-hybridized carbons (Fsp3) is 0.857. The third-order valence-corrected chi connectivity index (χ3v) is 3.37. The SMILES string of the molecule is CCO[SiH](CCC#N)OCC.Cl. The van der Waals surface area contributed by atoms with Crippen molar-refractivity contribution in [2.75, 3.05) is 13.2 Å². The molecular formula is C7H16ClNO2Si. The van der Waals surface area contributed by atoms with E-state index in [0.29, 0.717) is 19.6 Å². The maximum absolute atomic E-state index is 8.31. The van der Waals surface area contributed by atoms with Crippen LogP contribution in [0.4, 0.5) is 0 Å². The molecule has 12 heavy (non-hydrogen) atoms. The van der Waals surface area contributed by atoms with Gasteiger partial charge in [0, 0.05) is 25.7 Å². The Morgan fingerprint density at radius 2 is 1.75 bits per heavy atom. The van der Waals surface area contributed by atoms with E-state index in [4.69, 9.17) is 14.1 Å². The molecule has 0 aliphatic carbocycles. The van der Waals surface area contributed by atoms with Crippen molar-refractivity contribution >= 4 is 21.7 Å². The zero-order valence-corrected chi connectivity index (χ0v) is 9.55. The molecule has 0 aliphatic rings. The van der Waals surface area contributed by atoms with Crippen LogP contribution < -0.4 is 0 Å². The van der Waals surface area contributed by atoms with Gasteiger partial charge in [0.15, 0.2) is 0 Å². The highest BCUT2D eigenvalue weighted by molar-refractivity contribution is 6.44. The minimum absolute atomic E-state index is 0. The molecule has 72 valence electrons. The summed E-state index contributed by atoms with van der Waals surface area (Å²) in [5.74, 6) is 0. The van der Waals surface area contributed by atoms with E-state index in [2.05, 4.69) is 6.07 Å². The minimum Gasteiger partial charge on any atom is -0.397 e. The first-order chi connectivity index (χ1) is 5.35. The summed E-state index contributed by atoms with van der Waals surface area (Å²) in [6.07, 6.45) is 0.552. The molecule has 0 aromatic carbocycles. The maximum atomic E-state index is 8.31. The molecule has 0 spiro atoms. The fourth-order valence-corrected chi connectivity index (χ4v) is 2.31. The maximum Gasteiger partial charge on any atom is 0.322 e. The monoisotopic (exact) mass is 209 g/mol. The molecule has 0 amide bonds. The van der Waals surface area contributed by atoms with Crippen LogP contribution in [0.3, 0.4) is 0 Å². The molecule has 0 fully saturated rings. The van der Waals surface area contributed by atoms with Crippen molar-refractivity contribution in [3.05, 3.63) is 0 Å². The van der Waals surface area contributed by atoms with Crippen molar-refractivity contribution in [2.45, 2.75) is 26.3 Å². The van der Waals surface area contributed by atoms with E-state index >= 15 is 0 Å². The highest BCUT2D eigenvalue weighted by Gasteiger charge is 2.10. The lowest BCUT2D eigenvalue weighted by atomic mass is 10.6. The zero-order valence-electron chi connectivity index (χ0n) is 7.58. The molecule has 0 N–H and O–H groups in total. The van der Waals surface area contributed by atoms with E-state index in [1.165, 1.54) is 0 Å². The predicted octanol–water partition coefficient (Wildman–Crippen LogP) is 1.62. The summed E-state index contributed by atoms with van der Waals surface area (Å²) >= 11 is 0. The van der Waals surface area contributed by atoms with Gasteiger partial charge < -0.3 is 8.85 Å². The predicted molar refractivity (Wildman–Crippen MR) is 52.7 cm³/mol. The first-order valence-corrected chi connectivity index (χ1v) is 5.71. The van der Waals surface area contributed by atoms with E-state index in [1.807, 2.05) is 13.8 Å². The van der Waals surface area contributed by atoms with Crippen LogP contribution in [0.5, 0.6) is 0 Å². The van der Waals surface area contributed by atoms with Gasteiger partial charge in [-0.15, -0.1) is 12.4 Å². The Labute approximate surface area is 81.9 Å². The molecule has 0 unspecified atom stereocenters. The van der Waals surface area contributed by atoms with E-state index in [-0.39, 0.29) is 12.4 Å². The topological polar surface area (TPSA) is 42.2 Å². The van der Waals surface area contributed by atoms with Gasteiger partial charge in [0.2, 0.25) is 0 Å². The largest absolute Gasteiger partial charge is 0.397 e. The summed E-state index contributed by atoms with van der Waals surface area (Å²) in [6.45, 7) is 5.29. The lowest BCUT2D eigenvalue weighted by molar-refractivity contribution is 0.214. The molecule has 5 heteroatoms. The molecule has 0 heterocycles. The Balaban J connectivity index is 0. The number of hydrogen-bond acceptors (Lipinski definition) is 3. The third kappa shape index (κ3) is 8.02. The van der Waals surface area contributed by atoms with Crippen molar-refractivity contribution in [1.29, 1.82) is 5.26 Å². The van der Waals surface area contributed by atoms with Crippen molar-refractivity contribution in [3.8, 4) is 6.07 Å². The van der Waals surface area contributed by atoms with E-state index in [0.717, 1.165) is 6.04 Å². The van der Waals surface area contributed by atoms with Gasteiger partial charge >= 0.3 is 9.28 Å². The molecule has 0 saturated heterocycles. The van der Waals surface area contributed by atoms with Crippen LogP contribution in [0.25, 0.3) is 0 Å². The fourth-order valence-electron chi connectivity index (χ4n) is 0.769. The summed E-state index contributed by atoms with van der Waals surface area (Å²) < 4.78 is 10.7. The summed E-state index contributed by atoms with van der Waals surface area (Å²) in [7, 11) is -1.47. The highest BCUT2D eigenvalue weighted by atomic mass is 35.5. The van der Waals surface area contributed by atoms with Crippen molar-refractivity contribution in [1.82, 2.24) is 0 Å². The molecule has 0 radical (unpaired) electrons. The molecule has 0 bridgehead atoms. The minimum atomic E-state index is -1.47. The van der Waals surface area contributed by atoms with Crippen LogP contribution in [-0.4, -0.2) is 22.5 Å². The molecule has 3 nitrogen and oxygen atoms in total. The Bertz CT molecular complexity index is 123. The zero-order chi connectivity index (χ0) is 8.53. The Morgan fingerprint density at radius 1 is 1.25 bits per heavy atom. The molecule has 0 aromatic rings. The average Bonchev–Trinajstić information content (AvgIpc) is 2.01. The van der Waals surface area contributed by atoms with Gasteiger partial charge in [-0.2, -0.15) is 5.26 Å². The van der Waals surface area contributed by atoms with Gasteiger partial charge in [-0.25, -0.2) is 0 Å². The lowest BCUT2D eigenvalue weighted by Gasteiger charge is -2.12. The van der Waals surface area contributed by atoms with Crippen LogP contribution in [0, 0.1) is 11.3 Å². The van der Waals surface area contributed by atoms with Crippen LogP contribution in [0.15, 0.2) is 0 Å². The normalized spacial score (nSPS) is 9.17. The Kier molecular flexibility index (Phi) is 13.1. The van der Waals surface area contributed by atoms with Gasteiger partial charge in [0.1, 0.15) is 0 Å². The standard InChI is InChI=1S/C7H15NO2Si.ClH/c1-3-9-11(10-4-2)7-5-6-8;/h11H,3-5,7H2,1-2H3;1H. The second-order valence-corrected chi connectivity index (χ2v) is 4.14. The van der Waals surface area contributed by atoms with Crippen LogP contribution in [0.1, 0.15) is 20.3 Å². The molecule has 0 atom stereocenters. The van der Waals surface area contributed by atoms with Crippen LogP contribution in [-0.2, 0) is 8.85 Å². The number of nitrogens with zero attached hydrogens (tertiary/aromatic N) is 1. The Morgan fingerprint density at radius 3 is 2.08 bits per heavy atom. The van der Waals surface area contributed by atoms with Gasteiger partial charge in [0.05, 0.1) is 6.07 Å². The van der Waals surface area contributed by atoms with Gasteiger partial charge in [-0.05, 0) is 13.8 Å². The van der Waals surface area contributed by atoms with Crippen LogP contribution >= 0.6 is 12.4 Å². The first-order valence-electron chi connectivity index (χ1n) is 3.95.